The summed E-state index contributed by atoms with van der Waals surface area (Å²) in [5, 5.41) is 9.78. The third kappa shape index (κ3) is 4.05. The first-order chi connectivity index (χ1) is 25.6. The van der Waals surface area contributed by atoms with Gasteiger partial charge in [0.05, 0.1) is 0 Å². The highest BCUT2D eigenvalue weighted by atomic mass is 16.3. The molecule has 1 aromatic heterocycles. The van der Waals surface area contributed by atoms with E-state index in [1.54, 1.807) is 0 Å². The van der Waals surface area contributed by atoms with Crippen LogP contribution >= 0.6 is 0 Å². The third-order valence-electron chi connectivity index (χ3n) is 11.7. The zero-order chi connectivity index (χ0) is 34.6. The predicted octanol–water partition coefficient (Wildman–Crippen LogP) is 14.4. The Bertz CT molecular complexity index is 3100. The number of hydrogen-bond acceptors (Lipinski definition) is 1. The summed E-state index contributed by atoms with van der Waals surface area (Å²) in [5.41, 5.74) is 14.6. The zero-order valence-corrected chi connectivity index (χ0v) is 29.1. The molecular formula is C51H34O. The number of rotatable bonds is 3. The van der Waals surface area contributed by atoms with E-state index in [0.717, 1.165) is 21.9 Å². The van der Waals surface area contributed by atoms with Gasteiger partial charge in [0, 0.05) is 16.2 Å². The molecule has 0 aliphatic heterocycles. The molecule has 0 unspecified atom stereocenters. The molecular weight excluding hydrogens is 629 g/mol. The van der Waals surface area contributed by atoms with Crippen molar-refractivity contribution in [2.45, 2.75) is 19.3 Å². The van der Waals surface area contributed by atoms with E-state index in [4.69, 9.17) is 4.42 Å². The Hall–Kier alpha value is -6.44. The molecule has 0 saturated carbocycles. The van der Waals surface area contributed by atoms with E-state index in [1.165, 1.54) is 88.0 Å². The minimum Gasteiger partial charge on any atom is -0.456 e. The van der Waals surface area contributed by atoms with Gasteiger partial charge in [-0.15, -0.1) is 0 Å². The summed E-state index contributed by atoms with van der Waals surface area (Å²) in [6.07, 6.45) is 0. The van der Waals surface area contributed by atoms with Crippen molar-refractivity contribution in [2.24, 2.45) is 0 Å². The van der Waals surface area contributed by atoms with Crippen LogP contribution in [0.2, 0.25) is 0 Å². The molecule has 10 aromatic rings. The monoisotopic (exact) mass is 662 g/mol. The molecule has 244 valence electrons. The molecule has 0 saturated heterocycles. The average molecular weight is 663 g/mol. The van der Waals surface area contributed by atoms with Crippen LogP contribution < -0.4 is 0 Å². The van der Waals surface area contributed by atoms with Gasteiger partial charge in [0.15, 0.2) is 0 Å². The second-order valence-electron chi connectivity index (χ2n) is 14.8. The molecule has 0 radical (unpaired) electrons. The van der Waals surface area contributed by atoms with Crippen molar-refractivity contribution < 1.29 is 4.42 Å². The highest BCUT2D eigenvalue weighted by Gasteiger charge is 2.37. The molecule has 0 atom stereocenters. The molecule has 0 spiro atoms. The molecule has 11 rings (SSSR count). The Morgan fingerprint density at radius 3 is 1.81 bits per heavy atom. The average Bonchev–Trinajstić information content (AvgIpc) is 3.69. The van der Waals surface area contributed by atoms with Gasteiger partial charge in [-0.05, 0) is 112 Å². The van der Waals surface area contributed by atoms with Gasteiger partial charge in [0.2, 0.25) is 0 Å². The highest BCUT2D eigenvalue weighted by Crippen LogP contribution is 2.55. The summed E-state index contributed by atoms with van der Waals surface area (Å²) >= 11 is 0. The number of benzene rings is 9. The Kier molecular flexibility index (Phi) is 6.08. The van der Waals surface area contributed by atoms with E-state index in [1.807, 2.05) is 0 Å². The lowest BCUT2D eigenvalue weighted by atomic mass is 9.80. The molecule has 1 nitrogen and oxygen atoms in total. The normalized spacial score (nSPS) is 13.3. The fourth-order valence-electron chi connectivity index (χ4n) is 9.25. The molecule has 1 aliphatic carbocycles. The van der Waals surface area contributed by atoms with E-state index in [2.05, 4.69) is 184 Å². The fourth-order valence-corrected chi connectivity index (χ4v) is 9.25. The highest BCUT2D eigenvalue weighted by molar-refractivity contribution is 6.27. The predicted molar refractivity (Wildman–Crippen MR) is 220 cm³/mol. The molecule has 0 fully saturated rings. The Morgan fingerprint density at radius 2 is 0.942 bits per heavy atom. The van der Waals surface area contributed by atoms with E-state index >= 15 is 0 Å². The number of fused-ring (bicyclic) bond motifs is 9. The van der Waals surface area contributed by atoms with E-state index in [0.29, 0.717) is 0 Å². The second-order valence-corrected chi connectivity index (χ2v) is 14.8. The summed E-state index contributed by atoms with van der Waals surface area (Å²) in [5.74, 6) is 0. The third-order valence-corrected chi connectivity index (χ3v) is 11.7. The van der Waals surface area contributed by atoms with Crippen molar-refractivity contribution in [1.82, 2.24) is 0 Å². The first-order valence-electron chi connectivity index (χ1n) is 18.2. The lowest BCUT2D eigenvalue weighted by molar-refractivity contribution is 0.660. The van der Waals surface area contributed by atoms with Crippen molar-refractivity contribution in [2.75, 3.05) is 0 Å². The van der Waals surface area contributed by atoms with Crippen molar-refractivity contribution >= 4 is 54.3 Å². The Labute approximate surface area is 302 Å². The fraction of sp³-hybridized carbons (Fsp3) is 0.0588. The lowest BCUT2D eigenvalue weighted by Crippen LogP contribution is -2.14. The molecule has 1 heterocycles. The molecule has 0 N–H and O–H groups in total. The largest absolute Gasteiger partial charge is 0.456 e. The topological polar surface area (TPSA) is 13.1 Å². The number of para-hydroxylation sites is 1. The van der Waals surface area contributed by atoms with Crippen molar-refractivity contribution in [3.05, 3.63) is 181 Å². The van der Waals surface area contributed by atoms with Gasteiger partial charge in [-0.3, -0.25) is 0 Å². The molecule has 0 bridgehead atoms. The van der Waals surface area contributed by atoms with Crippen LogP contribution in [-0.4, -0.2) is 0 Å². The zero-order valence-electron chi connectivity index (χ0n) is 29.1. The van der Waals surface area contributed by atoms with Crippen molar-refractivity contribution in [3.63, 3.8) is 0 Å². The summed E-state index contributed by atoms with van der Waals surface area (Å²) in [4.78, 5) is 0. The van der Waals surface area contributed by atoms with Crippen LogP contribution in [0, 0.1) is 0 Å². The number of furan rings is 1. The SMILES string of the molecule is CC1(C)c2ccccc2-c2c(-c3c4ccccc4c(-c4cccc5oc6ccccc6c45)c4ccc(-c5ccc6ccccc6c5)cc34)cccc21. The maximum atomic E-state index is 6.45. The van der Waals surface area contributed by atoms with Gasteiger partial charge in [-0.25, -0.2) is 0 Å². The summed E-state index contributed by atoms with van der Waals surface area (Å²) in [6.45, 7) is 4.74. The molecule has 1 aliphatic rings. The maximum absolute atomic E-state index is 6.45. The quantitative estimate of drug-likeness (QED) is 0.172. The van der Waals surface area contributed by atoms with Crippen LogP contribution in [0.3, 0.4) is 0 Å². The molecule has 9 aromatic carbocycles. The standard InChI is InChI=1S/C51H34O/c1-51(2)43-21-9-7-17-38(43)49-40(19-11-22-44(49)51)48-36-16-6-5-15-35(36)47(41-20-12-24-46-50(41)39-18-8-10-23-45(39)52-46)37-28-27-34(30-42(37)48)33-26-25-31-13-3-4-14-32(31)29-33/h3-30H,1-2H3. The molecule has 0 amide bonds. The molecule has 1 heteroatoms. The van der Waals surface area contributed by atoms with Gasteiger partial charge in [-0.2, -0.15) is 0 Å². The minimum absolute atomic E-state index is 0.0955. The van der Waals surface area contributed by atoms with E-state index in [9.17, 15) is 0 Å². The van der Waals surface area contributed by atoms with Gasteiger partial charge in [0.1, 0.15) is 11.2 Å². The van der Waals surface area contributed by atoms with Crippen molar-refractivity contribution in [1.29, 1.82) is 0 Å². The Balaban J connectivity index is 1.31. The van der Waals surface area contributed by atoms with Gasteiger partial charge >= 0.3 is 0 Å². The summed E-state index contributed by atoms with van der Waals surface area (Å²) in [6, 6.07) is 62.5. The summed E-state index contributed by atoms with van der Waals surface area (Å²) < 4.78 is 6.45. The first-order valence-corrected chi connectivity index (χ1v) is 18.2. The minimum atomic E-state index is -0.0955. The van der Waals surface area contributed by atoms with Crippen molar-refractivity contribution in [3.8, 4) is 44.5 Å². The molecule has 52 heavy (non-hydrogen) atoms. The van der Waals surface area contributed by atoms with Crippen LogP contribution in [0.5, 0.6) is 0 Å². The van der Waals surface area contributed by atoms with Crippen LogP contribution in [0.1, 0.15) is 25.0 Å². The maximum Gasteiger partial charge on any atom is 0.136 e. The van der Waals surface area contributed by atoms with E-state index < -0.39 is 0 Å². The van der Waals surface area contributed by atoms with E-state index in [-0.39, 0.29) is 5.41 Å². The van der Waals surface area contributed by atoms with Gasteiger partial charge in [0.25, 0.3) is 0 Å². The first kappa shape index (κ1) is 29.3. The lowest BCUT2D eigenvalue weighted by Gasteiger charge is -2.23. The van der Waals surface area contributed by atoms with Crippen LogP contribution in [0.15, 0.2) is 174 Å². The van der Waals surface area contributed by atoms with Gasteiger partial charge < -0.3 is 4.42 Å². The van der Waals surface area contributed by atoms with Crippen LogP contribution in [-0.2, 0) is 5.41 Å². The second kappa shape index (κ2) is 10.8. The van der Waals surface area contributed by atoms with Crippen LogP contribution in [0.4, 0.5) is 0 Å². The van der Waals surface area contributed by atoms with Crippen LogP contribution in [0.25, 0.3) is 98.8 Å². The Morgan fingerprint density at radius 1 is 0.365 bits per heavy atom. The van der Waals surface area contributed by atoms with Gasteiger partial charge in [-0.1, -0.05) is 159 Å². The smallest absolute Gasteiger partial charge is 0.136 e. The summed E-state index contributed by atoms with van der Waals surface area (Å²) in [7, 11) is 0. The number of hydrogen-bond donors (Lipinski definition) is 0.